The molecule has 9 heteroatoms. The zero-order chi connectivity index (χ0) is 14.0. The summed E-state index contributed by atoms with van der Waals surface area (Å²) in [6, 6.07) is 2.21. The maximum Gasteiger partial charge on any atom is 0.308 e. The lowest BCUT2D eigenvalue weighted by molar-refractivity contribution is -0.387. The number of rotatable bonds is 3. The van der Waals surface area contributed by atoms with Crippen LogP contribution >= 0.6 is 0 Å². The predicted octanol–water partition coefficient (Wildman–Crippen LogP) is 2.11. The quantitative estimate of drug-likeness (QED) is 0.679. The first-order valence-electron chi connectivity index (χ1n) is 4.84. The molecule has 0 spiro atoms. The van der Waals surface area contributed by atoms with E-state index in [0.29, 0.717) is 12.1 Å². The number of carbonyl (C=O) groups is 1. The van der Waals surface area contributed by atoms with E-state index in [2.05, 4.69) is 15.0 Å². The van der Waals surface area contributed by atoms with Gasteiger partial charge in [0.2, 0.25) is 5.82 Å². The molecule has 0 aliphatic rings. The first-order chi connectivity index (χ1) is 8.99. The van der Waals surface area contributed by atoms with Crippen molar-refractivity contribution in [3.05, 3.63) is 51.8 Å². The lowest BCUT2D eigenvalue weighted by Crippen LogP contribution is -2.15. The van der Waals surface area contributed by atoms with Crippen LogP contribution in [0.3, 0.4) is 0 Å². The Hall–Kier alpha value is -2.84. The lowest BCUT2D eigenvalue weighted by atomic mass is 10.1. The Bertz CT molecular complexity index is 642. The van der Waals surface area contributed by atoms with E-state index in [-0.39, 0.29) is 5.82 Å². The minimum absolute atomic E-state index is 0.0312. The van der Waals surface area contributed by atoms with Gasteiger partial charge in [-0.1, -0.05) is 5.16 Å². The second kappa shape index (κ2) is 4.80. The number of hydrogen-bond acceptors (Lipinski definition) is 5. The van der Waals surface area contributed by atoms with Crippen LogP contribution in [0, 0.1) is 21.7 Å². The monoisotopic (exact) mass is 269 g/mol. The summed E-state index contributed by atoms with van der Waals surface area (Å²) >= 11 is 0. The third-order valence-corrected chi connectivity index (χ3v) is 2.14. The largest absolute Gasteiger partial charge is 0.363 e. The van der Waals surface area contributed by atoms with E-state index in [1.807, 2.05) is 0 Å². The normalized spacial score (nSPS) is 10.2. The molecule has 0 bridgehead atoms. The molecular formula is C10H5F2N3O4. The number of nitrogens with zero attached hydrogens (tertiary/aromatic N) is 2. The highest BCUT2D eigenvalue weighted by Crippen LogP contribution is 2.23. The maximum absolute atomic E-state index is 13.7. The van der Waals surface area contributed by atoms with E-state index < -0.39 is 33.7 Å². The van der Waals surface area contributed by atoms with E-state index in [9.17, 15) is 23.7 Å². The van der Waals surface area contributed by atoms with Crippen molar-refractivity contribution >= 4 is 17.4 Å². The highest BCUT2D eigenvalue weighted by Gasteiger charge is 2.24. The Morgan fingerprint density at radius 1 is 1.42 bits per heavy atom. The average Bonchev–Trinajstić information content (AvgIpc) is 2.84. The van der Waals surface area contributed by atoms with Crippen LogP contribution in [-0.2, 0) is 0 Å². The van der Waals surface area contributed by atoms with Gasteiger partial charge < -0.3 is 9.84 Å². The van der Waals surface area contributed by atoms with Crippen molar-refractivity contribution in [2.45, 2.75) is 0 Å². The van der Waals surface area contributed by atoms with Gasteiger partial charge in [-0.05, 0) is 6.07 Å². The Labute approximate surface area is 104 Å². The Balaban J connectivity index is 2.39. The van der Waals surface area contributed by atoms with Crippen LogP contribution in [0.15, 0.2) is 29.0 Å². The summed E-state index contributed by atoms with van der Waals surface area (Å²) in [7, 11) is 0. The van der Waals surface area contributed by atoms with E-state index in [4.69, 9.17) is 0 Å². The standard InChI is InChI=1S/C10H5F2N3O4/c11-5-3-6(9(12)7(4-5)15(17)18)10(16)13-8-1-2-19-14-8/h1-4H,(H,13,14,16). The first kappa shape index (κ1) is 12.6. The van der Waals surface area contributed by atoms with Crippen molar-refractivity contribution < 1.29 is 23.0 Å². The molecule has 0 saturated carbocycles. The highest BCUT2D eigenvalue weighted by atomic mass is 19.1. The summed E-state index contributed by atoms with van der Waals surface area (Å²) < 4.78 is 31.2. The molecule has 0 saturated heterocycles. The van der Waals surface area contributed by atoms with Crippen LogP contribution in [0.1, 0.15) is 10.4 Å². The van der Waals surface area contributed by atoms with Crippen LogP contribution in [0.25, 0.3) is 0 Å². The zero-order valence-electron chi connectivity index (χ0n) is 9.09. The van der Waals surface area contributed by atoms with Crippen molar-refractivity contribution in [2.24, 2.45) is 0 Å². The SMILES string of the molecule is O=C(Nc1ccon1)c1cc(F)cc([N+](=O)[O-])c1F. The van der Waals surface area contributed by atoms with Gasteiger partial charge in [0, 0.05) is 6.07 Å². The summed E-state index contributed by atoms with van der Waals surface area (Å²) in [5, 5.41) is 15.9. The van der Waals surface area contributed by atoms with Crippen LogP contribution in [0.5, 0.6) is 0 Å². The van der Waals surface area contributed by atoms with Gasteiger partial charge in [-0.2, -0.15) is 4.39 Å². The molecule has 0 atom stereocenters. The molecule has 1 N–H and O–H groups in total. The third-order valence-electron chi connectivity index (χ3n) is 2.14. The molecular weight excluding hydrogens is 264 g/mol. The van der Waals surface area contributed by atoms with Crippen molar-refractivity contribution in [3.8, 4) is 0 Å². The van der Waals surface area contributed by atoms with Gasteiger partial charge in [-0.25, -0.2) is 4.39 Å². The molecule has 1 amide bonds. The number of halogens is 2. The number of carbonyl (C=O) groups excluding carboxylic acids is 1. The van der Waals surface area contributed by atoms with Crippen molar-refractivity contribution in [3.63, 3.8) is 0 Å². The molecule has 2 rings (SSSR count). The van der Waals surface area contributed by atoms with Crippen molar-refractivity contribution in [2.75, 3.05) is 5.32 Å². The fourth-order valence-corrected chi connectivity index (χ4v) is 1.33. The summed E-state index contributed by atoms with van der Waals surface area (Å²) in [6.45, 7) is 0. The van der Waals surface area contributed by atoms with Gasteiger partial charge >= 0.3 is 5.69 Å². The van der Waals surface area contributed by atoms with Gasteiger partial charge in [-0.15, -0.1) is 0 Å². The number of nitro groups is 1. The Morgan fingerprint density at radius 3 is 2.74 bits per heavy atom. The minimum Gasteiger partial charge on any atom is -0.363 e. The summed E-state index contributed by atoms with van der Waals surface area (Å²) in [5.41, 5.74) is -1.92. The molecule has 0 aliphatic carbocycles. The molecule has 0 fully saturated rings. The van der Waals surface area contributed by atoms with Gasteiger partial charge in [-0.3, -0.25) is 14.9 Å². The van der Waals surface area contributed by atoms with Crippen LogP contribution in [0.4, 0.5) is 20.3 Å². The molecule has 0 radical (unpaired) electrons. The van der Waals surface area contributed by atoms with Gasteiger partial charge in [0.1, 0.15) is 12.1 Å². The summed E-state index contributed by atoms with van der Waals surface area (Å²) in [5.74, 6) is -3.63. The second-order valence-electron chi connectivity index (χ2n) is 3.38. The molecule has 2 aromatic rings. The smallest absolute Gasteiger partial charge is 0.308 e. The molecule has 19 heavy (non-hydrogen) atoms. The number of amides is 1. The molecule has 7 nitrogen and oxygen atoms in total. The van der Waals surface area contributed by atoms with Crippen LogP contribution in [-0.4, -0.2) is 16.0 Å². The lowest BCUT2D eigenvalue weighted by Gasteiger charge is -2.03. The highest BCUT2D eigenvalue weighted by molar-refractivity contribution is 6.04. The molecule has 0 unspecified atom stereocenters. The van der Waals surface area contributed by atoms with Crippen molar-refractivity contribution in [1.29, 1.82) is 0 Å². The molecule has 1 aromatic heterocycles. The molecule has 1 heterocycles. The molecule has 1 aromatic carbocycles. The maximum atomic E-state index is 13.7. The van der Waals surface area contributed by atoms with Gasteiger partial charge in [0.05, 0.1) is 16.6 Å². The third kappa shape index (κ3) is 2.54. The first-order valence-corrected chi connectivity index (χ1v) is 4.84. The Kier molecular flexibility index (Phi) is 3.19. The minimum atomic E-state index is -1.42. The van der Waals surface area contributed by atoms with Crippen LogP contribution in [0.2, 0.25) is 0 Å². The van der Waals surface area contributed by atoms with E-state index in [1.54, 1.807) is 0 Å². The second-order valence-corrected chi connectivity index (χ2v) is 3.38. The fraction of sp³-hybridized carbons (Fsp3) is 0. The average molecular weight is 269 g/mol. The topological polar surface area (TPSA) is 98.3 Å². The van der Waals surface area contributed by atoms with Crippen molar-refractivity contribution in [1.82, 2.24) is 5.16 Å². The number of hydrogen-bond donors (Lipinski definition) is 1. The predicted molar refractivity (Wildman–Crippen MR) is 57.5 cm³/mol. The van der Waals surface area contributed by atoms with Gasteiger partial charge in [0.15, 0.2) is 5.82 Å². The van der Waals surface area contributed by atoms with Crippen LogP contribution < -0.4 is 5.32 Å². The number of benzene rings is 1. The fourth-order valence-electron chi connectivity index (χ4n) is 1.33. The van der Waals surface area contributed by atoms with Gasteiger partial charge in [0.25, 0.3) is 5.91 Å². The van der Waals surface area contributed by atoms with E-state index in [1.165, 1.54) is 6.07 Å². The number of nitro benzene ring substituents is 1. The number of anilines is 1. The van der Waals surface area contributed by atoms with E-state index in [0.717, 1.165) is 6.26 Å². The zero-order valence-corrected chi connectivity index (χ0v) is 9.09. The molecule has 0 aliphatic heterocycles. The molecule has 98 valence electrons. The number of aromatic nitrogens is 1. The number of nitrogens with one attached hydrogen (secondary N) is 1. The van der Waals surface area contributed by atoms with E-state index >= 15 is 0 Å². The Morgan fingerprint density at radius 2 is 2.16 bits per heavy atom. The summed E-state index contributed by atoms with van der Waals surface area (Å²) in [4.78, 5) is 21.0. The summed E-state index contributed by atoms with van der Waals surface area (Å²) in [6.07, 6.45) is 1.15.